The first-order valence-electron chi connectivity index (χ1n) is 14.4. The Bertz CT molecular complexity index is 865. The second kappa shape index (κ2) is 7.46. The summed E-state index contributed by atoms with van der Waals surface area (Å²) in [5.74, 6) is 0.553. The standard InChI is InChI=1S/C30H52O5/c1-24(2)19-9-13-27(6)20(26(19,5)12-10-21(24)32)17-18(31)23-28(27,7)15-16-30(23,34)29(8)14-11-22(35-29)25(3,4)33/h18-23,31-34H,9-17H2,1-8H3/t18-,19+,20-,21-,22-,23+,26+,27-,28-,29-,30-/m1/s1. The minimum atomic E-state index is -1.12. The van der Waals surface area contributed by atoms with Gasteiger partial charge in [-0.2, -0.15) is 0 Å². The molecule has 1 aliphatic heterocycles. The Hall–Kier alpha value is -0.200. The Morgan fingerprint density at radius 3 is 2.03 bits per heavy atom. The van der Waals surface area contributed by atoms with Crippen LogP contribution in [0.1, 0.15) is 113 Å². The van der Waals surface area contributed by atoms with Gasteiger partial charge in [-0.25, -0.2) is 0 Å². The average Bonchev–Trinajstić information content (AvgIpc) is 3.29. The maximum atomic E-state index is 12.5. The fourth-order valence-electron chi connectivity index (χ4n) is 11.1. The molecule has 4 aliphatic carbocycles. The van der Waals surface area contributed by atoms with E-state index in [9.17, 15) is 20.4 Å². The van der Waals surface area contributed by atoms with Gasteiger partial charge < -0.3 is 25.2 Å². The fourth-order valence-corrected chi connectivity index (χ4v) is 11.1. The minimum Gasteiger partial charge on any atom is -0.393 e. The van der Waals surface area contributed by atoms with Crippen molar-refractivity contribution in [3.8, 4) is 0 Å². The number of aliphatic hydroxyl groups excluding tert-OH is 2. The van der Waals surface area contributed by atoms with E-state index < -0.39 is 22.9 Å². The summed E-state index contributed by atoms with van der Waals surface area (Å²) >= 11 is 0. The van der Waals surface area contributed by atoms with Crippen LogP contribution in [0, 0.1) is 39.4 Å². The molecule has 0 aromatic carbocycles. The summed E-state index contributed by atoms with van der Waals surface area (Å²) in [5, 5.41) is 45.9. The molecule has 1 saturated heterocycles. The van der Waals surface area contributed by atoms with Crippen molar-refractivity contribution in [2.75, 3.05) is 0 Å². The van der Waals surface area contributed by atoms with Crippen LogP contribution < -0.4 is 0 Å². The SMILES string of the molecule is CC(C)(O)[C@H]1CC[C@](C)([C@@]2(O)CC[C@]3(C)[C@@H]2[C@H](O)C[C@@H]2[C@@]4(C)CC[C@@H](O)C(C)(C)[C@@H]4CC[C@]23C)O1. The highest BCUT2D eigenvalue weighted by Crippen LogP contribution is 2.76. The average molecular weight is 493 g/mol. The summed E-state index contributed by atoms with van der Waals surface area (Å²) < 4.78 is 6.52. The molecular weight excluding hydrogens is 440 g/mol. The van der Waals surface area contributed by atoms with Gasteiger partial charge in [0, 0.05) is 5.92 Å². The summed E-state index contributed by atoms with van der Waals surface area (Å²) in [6, 6.07) is 0. The first-order chi connectivity index (χ1) is 15.9. The molecule has 5 fully saturated rings. The molecule has 5 nitrogen and oxygen atoms in total. The predicted molar refractivity (Wildman–Crippen MR) is 137 cm³/mol. The van der Waals surface area contributed by atoms with E-state index in [4.69, 9.17) is 4.74 Å². The maximum Gasteiger partial charge on any atom is 0.0991 e. The second-order valence-corrected chi connectivity index (χ2v) is 15.6. The van der Waals surface area contributed by atoms with Gasteiger partial charge >= 0.3 is 0 Å². The van der Waals surface area contributed by atoms with Crippen molar-refractivity contribution in [3.05, 3.63) is 0 Å². The van der Waals surface area contributed by atoms with Gasteiger partial charge in [0.2, 0.25) is 0 Å². The normalized spacial score (nSPS) is 57.9. The van der Waals surface area contributed by atoms with Crippen molar-refractivity contribution >= 4 is 0 Å². The Labute approximate surface area is 213 Å². The van der Waals surface area contributed by atoms with Gasteiger partial charge in [0.1, 0.15) is 0 Å². The van der Waals surface area contributed by atoms with Gasteiger partial charge in [0.25, 0.3) is 0 Å². The third-order valence-electron chi connectivity index (χ3n) is 13.4. The molecule has 5 aliphatic rings. The zero-order chi connectivity index (χ0) is 26.0. The van der Waals surface area contributed by atoms with E-state index in [0.29, 0.717) is 31.1 Å². The maximum absolute atomic E-state index is 12.5. The predicted octanol–water partition coefficient (Wildman–Crippen LogP) is 4.83. The molecule has 0 amide bonds. The van der Waals surface area contributed by atoms with Gasteiger partial charge in [0.15, 0.2) is 0 Å². The van der Waals surface area contributed by atoms with Crippen molar-refractivity contribution in [2.24, 2.45) is 39.4 Å². The van der Waals surface area contributed by atoms with Crippen LogP contribution in [0.4, 0.5) is 0 Å². The summed E-state index contributed by atoms with van der Waals surface area (Å²) in [5.41, 5.74) is -3.08. The van der Waals surface area contributed by atoms with E-state index in [1.807, 2.05) is 6.92 Å². The van der Waals surface area contributed by atoms with Crippen LogP contribution in [0.3, 0.4) is 0 Å². The third kappa shape index (κ3) is 3.17. The van der Waals surface area contributed by atoms with Gasteiger partial charge in [-0.15, -0.1) is 0 Å². The smallest absolute Gasteiger partial charge is 0.0991 e. The highest BCUT2D eigenvalue weighted by molar-refractivity contribution is 5.25. The lowest BCUT2D eigenvalue weighted by Crippen LogP contribution is -2.69. The monoisotopic (exact) mass is 492 g/mol. The van der Waals surface area contributed by atoms with E-state index in [0.717, 1.165) is 38.5 Å². The lowest BCUT2D eigenvalue weighted by atomic mass is 9.35. The molecule has 35 heavy (non-hydrogen) atoms. The van der Waals surface area contributed by atoms with Gasteiger partial charge in [0.05, 0.1) is 35.1 Å². The summed E-state index contributed by atoms with van der Waals surface area (Å²) in [7, 11) is 0. The molecule has 0 spiro atoms. The van der Waals surface area contributed by atoms with Crippen molar-refractivity contribution in [1.29, 1.82) is 0 Å². The van der Waals surface area contributed by atoms with Crippen molar-refractivity contribution in [1.82, 2.24) is 0 Å². The lowest BCUT2D eigenvalue weighted by molar-refractivity contribution is -0.277. The van der Waals surface area contributed by atoms with Gasteiger partial charge in [-0.3, -0.25) is 0 Å². The largest absolute Gasteiger partial charge is 0.393 e. The molecule has 0 unspecified atom stereocenters. The highest BCUT2D eigenvalue weighted by Gasteiger charge is 2.75. The van der Waals surface area contributed by atoms with E-state index in [2.05, 4.69) is 34.6 Å². The molecule has 0 aromatic rings. The Kier molecular flexibility index (Phi) is 5.63. The van der Waals surface area contributed by atoms with E-state index in [1.54, 1.807) is 13.8 Å². The number of hydrogen-bond acceptors (Lipinski definition) is 5. The van der Waals surface area contributed by atoms with Crippen LogP contribution in [-0.2, 0) is 4.74 Å². The first-order valence-corrected chi connectivity index (χ1v) is 14.4. The number of aliphatic hydroxyl groups is 4. The molecule has 4 saturated carbocycles. The molecule has 4 N–H and O–H groups in total. The highest BCUT2D eigenvalue weighted by atomic mass is 16.5. The Balaban J connectivity index is 1.52. The number of hydrogen-bond donors (Lipinski definition) is 4. The van der Waals surface area contributed by atoms with Gasteiger partial charge in [-0.1, -0.05) is 34.6 Å². The molecule has 0 bridgehead atoms. The minimum absolute atomic E-state index is 0.00954. The van der Waals surface area contributed by atoms with Gasteiger partial charge in [-0.05, 0) is 112 Å². The summed E-state index contributed by atoms with van der Waals surface area (Å²) in [4.78, 5) is 0. The lowest BCUT2D eigenvalue weighted by Gasteiger charge is -2.71. The van der Waals surface area contributed by atoms with E-state index in [1.165, 1.54) is 0 Å². The van der Waals surface area contributed by atoms with Crippen LogP contribution in [0.5, 0.6) is 0 Å². The van der Waals surface area contributed by atoms with Crippen LogP contribution in [0.2, 0.25) is 0 Å². The molecule has 202 valence electrons. The van der Waals surface area contributed by atoms with Crippen LogP contribution in [-0.4, -0.2) is 55.5 Å². The summed E-state index contributed by atoms with van der Waals surface area (Å²) in [6.07, 6.45) is 6.50. The molecule has 1 heterocycles. The third-order valence-corrected chi connectivity index (χ3v) is 13.4. The topological polar surface area (TPSA) is 90.2 Å². The quantitative estimate of drug-likeness (QED) is 0.443. The van der Waals surface area contributed by atoms with Crippen LogP contribution >= 0.6 is 0 Å². The zero-order valence-electron chi connectivity index (χ0n) is 23.5. The fraction of sp³-hybridized carbons (Fsp3) is 1.00. The van der Waals surface area contributed by atoms with Crippen LogP contribution in [0.15, 0.2) is 0 Å². The first kappa shape index (κ1) is 26.4. The van der Waals surface area contributed by atoms with Crippen molar-refractivity contribution < 1.29 is 25.2 Å². The van der Waals surface area contributed by atoms with Crippen LogP contribution in [0.25, 0.3) is 0 Å². The van der Waals surface area contributed by atoms with Crippen molar-refractivity contribution in [3.63, 3.8) is 0 Å². The number of ether oxygens (including phenoxy) is 1. The summed E-state index contributed by atoms with van der Waals surface area (Å²) in [6.45, 7) is 17.3. The van der Waals surface area contributed by atoms with E-state index in [-0.39, 0.29) is 39.8 Å². The molecule has 11 atom stereocenters. The molecule has 0 radical (unpaired) electrons. The number of rotatable bonds is 2. The molecule has 0 aromatic heterocycles. The Morgan fingerprint density at radius 1 is 0.771 bits per heavy atom. The molecular formula is C30H52O5. The Morgan fingerprint density at radius 2 is 1.43 bits per heavy atom. The molecule has 5 heteroatoms. The van der Waals surface area contributed by atoms with E-state index >= 15 is 0 Å². The second-order valence-electron chi connectivity index (χ2n) is 15.6. The number of fused-ring (bicyclic) bond motifs is 5. The molecule has 5 rings (SSSR count). The van der Waals surface area contributed by atoms with Crippen molar-refractivity contribution in [2.45, 2.75) is 148 Å². The zero-order valence-corrected chi connectivity index (χ0v) is 23.5.